The number of benzene rings is 9. The molecule has 9 aromatic rings. The van der Waals surface area contributed by atoms with Gasteiger partial charge in [-0.15, -0.1) is 0 Å². The molecule has 66 heavy (non-hydrogen) atoms. The summed E-state index contributed by atoms with van der Waals surface area (Å²) < 4.78 is 0. The van der Waals surface area contributed by atoms with Crippen molar-refractivity contribution in [2.75, 3.05) is 0 Å². The van der Waals surface area contributed by atoms with Gasteiger partial charge in [0, 0.05) is 17.3 Å². The molecule has 0 saturated carbocycles. The van der Waals surface area contributed by atoms with Crippen molar-refractivity contribution in [2.45, 2.75) is 30.6 Å². The van der Waals surface area contributed by atoms with Gasteiger partial charge in [0.1, 0.15) is 0 Å². The molecule has 0 nitrogen and oxygen atoms in total. The van der Waals surface area contributed by atoms with Gasteiger partial charge in [-0.3, -0.25) is 0 Å². The van der Waals surface area contributed by atoms with Gasteiger partial charge in [0.15, 0.2) is 0 Å². The molecule has 0 saturated heterocycles. The highest BCUT2D eigenvalue weighted by atomic mass is 14.5. The molecule has 314 valence electrons. The fourth-order valence-corrected chi connectivity index (χ4v) is 11.6. The summed E-state index contributed by atoms with van der Waals surface area (Å²) in [6, 6.07) is 83.8. The normalized spacial score (nSPS) is 18.6. The lowest BCUT2D eigenvalue weighted by Gasteiger charge is -2.34. The average molecular weight is 843 g/mol. The molecule has 3 aliphatic carbocycles. The maximum Gasteiger partial charge on any atom is 0.0713 e. The van der Waals surface area contributed by atoms with E-state index in [-0.39, 0.29) is 17.3 Å². The highest BCUT2D eigenvalue weighted by molar-refractivity contribution is 5.93. The van der Waals surface area contributed by atoms with Crippen molar-refractivity contribution in [1.82, 2.24) is 0 Å². The molecule has 12 rings (SSSR count). The van der Waals surface area contributed by atoms with E-state index >= 15 is 0 Å². The van der Waals surface area contributed by atoms with Crippen LogP contribution in [0.5, 0.6) is 0 Å². The van der Waals surface area contributed by atoms with Crippen molar-refractivity contribution in [3.05, 3.63) is 299 Å². The Balaban J connectivity index is 1.09. The number of hydrogen-bond acceptors (Lipinski definition) is 0. The fraction of sp³-hybridized carbons (Fsp3) is 0.0909. The van der Waals surface area contributed by atoms with E-state index in [4.69, 9.17) is 0 Å². The van der Waals surface area contributed by atoms with Crippen LogP contribution in [-0.4, -0.2) is 0 Å². The van der Waals surface area contributed by atoms with Crippen LogP contribution in [0.25, 0.3) is 56.2 Å². The van der Waals surface area contributed by atoms with E-state index in [1.165, 1.54) is 100 Å². The first kappa shape index (κ1) is 39.8. The van der Waals surface area contributed by atoms with Gasteiger partial charge >= 0.3 is 0 Å². The third-order valence-electron chi connectivity index (χ3n) is 14.8. The van der Waals surface area contributed by atoms with E-state index in [0.717, 1.165) is 0 Å². The highest BCUT2D eigenvalue weighted by Gasteiger charge is 2.46. The quantitative estimate of drug-likeness (QED) is 0.134. The molecular weight excluding hydrogens is 793 g/mol. The van der Waals surface area contributed by atoms with Crippen molar-refractivity contribution >= 4 is 11.6 Å². The van der Waals surface area contributed by atoms with Crippen LogP contribution in [0.3, 0.4) is 0 Å². The Hall–Kier alpha value is -7.80. The summed E-state index contributed by atoms with van der Waals surface area (Å²) in [5, 5.41) is 0. The van der Waals surface area contributed by atoms with Gasteiger partial charge in [0.25, 0.3) is 0 Å². The van der Waals surface area contributed by atoms with Gasteiger partial charge in [-0.1, -0.05) is 250 Å². The molecule has 3 unspecified atom stereocenters. The third kappa shape index (κ3) is 6.43. The predicted molar refractivity (Wildman–Crippen MR) is 277 cm³/mol. The lowest BCUT2D eigenvalue weighted by atomic mass is 9.67. The monoisotopic (exact) mass is 842 g/mol. The minimum atomic E-state index is -0.566. The van der Waals surface area contributed by atoms with E-state index < -0.39 is 5.41 Å². The van der Waals surface area contributed by atoms with Crippen LogP contribution in [0.2, 0.25) is 0 Å². The second kappa shape index (κ2) is 16.0. The maximum atomic E-state index is 2.52. The molecule has 0 fully saturated rings. The molecule has 0 amide bonds. The molecular formula is C66H50. The zero-order valence-electron chi connectivity index (χ0n) is 37.4. The topological polar surface area (TPSA) is 0 Å². The first-order valence-corrected chi connectivity index (χ1v) is 23.4. The second-order valence-corrected chi connectivity index (χ2v) is 18.8. The van der Waals surface area contributed by atoms with Gasteiger partial charge in [0.2, 0.25) is 0 Å². The molecule has 0 aliphatic heterocycles. The molecule has 0 N–H and O–H groups in total. The summed E-state index contributed by atoms with van der Waals surface area (Å²) in [7, 11) is 0. The molecule has 0 aromatic heterocycles. The number of hydrogen-bond donors (Lipinski definition) is 0. The SMILES string of the molecule is CC1(C)c2ccccc2-c2ccc(/C(=C\c3ccc4c(c3)C(c3ccccc3)(c3ccc(-c5ccccc5)cc3)c3ccc(-c5ccccc5)cc3-4)C3C=CC=CC3c3ccccc3)cc21. The van der Waals surface area contributed by atoms with Crippen molar-refractivity contribution in [3.8, 4) is 44.5 Å². The molecule has 3 aliphatic rings. The Morgan fingerprint density at radius 2 is 0.955 bits per heavy atom. The second-order valence-electron chi connectivity index (χ2n) is 18.8. The molecule has 0 heterocycles. The van der Waals surface area contributed by atoms with Crippen molar-refractivity contribution in [3.63, 3.8) is 0 Å². The summed E-state index contributed by atoms with van der Waals surface area (Å²) in [6.07, 6.45) is 11.8. The summed E-state index contributed by atoms with van der Waals surface area (Å²) in [5.74, 6) is 0.299. The van der Waals surface area contributed by atoms with Crippen molar-refractivity contribution in [2.24, 2.45) is 5.92 Å². The molecule has 9 aromatic carbocycles. The van der Waals surface area contributed by atoms with Crippen LogP contribution in [-0.2, 0) is 10.8 Å². The van der Waals surface area contributed by atoms with Gasteiger partial charge < -0.3 is 0 Å². The van der Waals surface area contributed by atoms with E-state index in [9.17, 15) is 0 Å². The molecule has 0 heteroatoms. The van der Waals surface area contributed by atoms with Crippen LogP contribution < -0.4 is 0 Å². The van der Waals surface area contributed by atoms with E-state index in [2.05, 4.69) is 269 Å². The van der Waals surface area contributed by atoms with Gasteiger partial charge in [-0.25, -0.2) is 0 Å². The zero-order valence-corrected chi connectivity index (χ0v) is 37.4. The molecule has 0 radical (unpaired) electrons. The predicted octanol–water partition coefficient (Wildman–Crippen LogP) is 16.8. The fourth-order valence-electron chi connectivity index (χ4n) is 11.6. The van der Waals surface area contributed by atoms with E-state index in [0.29, 0.717) is 0 Å². The largest absolute Gasteiger partial charge is 0.0761 e. The number of allylic oxidation sites excluding steroid dienone is 5. The Bertz CT molecular complexity index is 3350. The molecule has 3 atom stereocenters. The lowest BCUT2D eigenvalue weighted by Crippen LogP contribution is -2.28. The first-order chi connectivity index (χ1) is 32.5. The third-order valence-corrected chi connectivity index (χ3v) is 14.8. The van der Waals surface area contributed by atoms with Gasteiger partial charge in [0.05, 0.1) is 5.41 Å². The van der Waals surface area contributed by atoms with Crippen LogP contribution in [0.4, 0.5) is 0 Å². The number of rotatable bonds is 8. The van der Waals surface area contributed by atoms with E-state index in [1.807, 2.05) is 0 Å². The Kier molecular flexibility index (Phi) is 9.65. The first-order valence-electron chi connectivity index (χ1n) is 23.4. The van der Waals surface area contributed by atoms with Gasteiger partial charge in [-0.2, -0.15) is 0 Å². The lowest BCUT2D eigenvalue weighted by molar-refractivity contribution is 0.659. The smallest absolute Gasteiger partial charge is 0.0713 e. The molecule has 0 bridgehead atoms. The molecule has 0 spiro atoms. The van der Waals surface area contributed by atoms with Gasteiger partial charge in [-0.05, 0) is 118 Å². The Morgan fingerprint density at radius 3 is 1.70 bits per heavy atom. The summed E-state index contributed by atoms with van der Waals surface area (Å²) >= 11 is 0. The summed E-state index contributed by atoms with van der Waals surface area (Å²) in [4.78, 5) is 0. The maximum absolute atomic E-state index is 2.52. The minimum Gasteiger partial charge on any atom is -0.0761 e. The van der Waals surface area contributed by atoms with Crippen LogP contribution in [0.15, 0.2) is 249 Å². The minimum absolute atomic E-state index is 0.114. The highest BCUT2D eigenvalue weighted by Crippen LogP contribution is 2.58. The Morgan fingerprint density at radius 1 is 0.394 bits per heavy atom. The summed E-state index contributed by atoms with van der Waals surface area (Å²) in [5.41, 5.74) is 22.5. The van der Waals surface area contributed by atoms with Crippen molar-refractivity contribution in [1.29, 1.82) is 0 Å². The number of fused-ring (bicyclic) bond motifs is 6. The summed E-state index contributed by atoms with van der Waals surface area (Å²) in [6.45, 7) is 4.77. The Labute approximate surface area is 389 Å². The standard InChI is InChI=1S/C66H50/c1-65(2)61-30-18-17-29-56(61)57-39-34-51(44-63(57)65)59(55-28-16-15-27-54(55)49-23-11-5-12-24-49)41-45-31-38-58-60-43-50(47-21-9-4-10-22-47)35-40-62(60)66(64(58)42-45,52-25-13-6-14-26-52)53-36-32-48(33-37-53)46-19-7-3-8-20-46/h3-44,54-55H,1-2H3/b59-41+. The van der Waals surface area contributed by atoms with Crippen LogP contribution in [0, 0.1) is 5.92 Å². The van der Waals surface area contributed by atoms with Crippen LogP contribution >= 0.6 is 0 Å². The van der Waals surface area contributed by atoms with E-state index in [1.54, 1.807) is 0 Å². The zero-order chi connectivity index (χ0) is 44.2. The van der Waals surface area contributed by atoms with Crippen LogP contribution in [0.1, 0.15) is 69.8 Å². The van der Waals surface area contributed by atoms with Crippen molar-refractivity contribution < 1.29 is 0 Å². The average Bonchev–Trinajstić information content (AvgIpc) is 3.81.